The molecule has 0 saturated carbocycles. The van der Waals surface area contributed by atoms with Gasteiger partial charge in [-0.1, -0.05) is 23.4 Å². The van der Waals surface area contributed by atoms with Crippen molar-refractivity contribution in [2.24, 2.45) is 0 Å². The highest BCUT2D eigenvalue weighted by Gasteiger charge is 2.28. The van der Waals surface area contributed by atoms with Gasteiger partial charge < -0.3 is 9.26 Å². The van der Waals surface area contributed by atoms with E-state index in [0.717, 1.165) is 23.6 Å². The summed E-state index contributed by atoms with van der Waals surface area (Å²) in [6.45, 7) is 1.72. The highest BCUT2D eigenvalue weighted by Crippen LogP contribution is 2.34. The number of aromatic nitrogens is 2. The molecule has 6 heteroatoms. The van der Waals surface area contributed by atoms with Crippen molar-refractivity contribution >= 4 is 11.3 Å². The molecule has 0 N–H and O–H groups in total. The van der Waals surface area contributed by atoms with Gasteiger partial charge in [-0.2, -0.15) is 4.98 Å². The quantitative estimate of drug-likeness (QED) is 0.698. The smallest absolute Gasteiger partial charge is 0.241 e. The largest absolute Gasteiger partial charge is 0.497 e. The van der Waals surface area contributed by atoms with Crippen LogP contribution < -0.4 is 4.74 Å². The van der Waals surface area contributed by atoms with Crippen molar-refractivity contribution in [1.82, 2.24) is 15.0 Å². The number of methoxy groups -OCH3 is 1. The minimum absolute atomic E-state index is 0.372. The van der Waals surface area contributed by atoms with Gasteiger partial charge in [-0.3, -0.25) is 4.90 Å². The van der Waals surface area contributed by atoms with Gasteiger partial charge in [0.05, 0.1) is 18.5 Å². The van der Waals surface area contributed by atoms with Crippen LogP contribution in [0.15, 0.2) is 46.3 Å². The predicted molar refractivity (Wildman–Crippen MR) is 93.0 cm³/mol. The van der Waals surface area contributed by atoms with Gasteiger partial charge in [0.2, 0.25) is 11.7 Å². The van der Waals surface area contributed by atoms with E-state index < -0.39 is 0 Å². The number of benzene rings is 1. The van der Waals surface area contributed by atoms with E-state index >= 15 is 0 Å². The van der Waals surface area contributed by atoms with E-state index in [1.165, 1.54) is 12.0 Å². The van der Waals surface area contributed by atoms with Crippen LogP contribution in [-0.2, 0) is 6.54 Å². The number of rotatable bonds is 5. The Labute approximate surface area is 144 Å². The number of ether oxygens (including phenoxy) is 1. The molecule has 1 fully saturated rings. The summed E-state index contributed by atoms with van der Waals surface area (Å²) < 4.78 is 10.8. The molecule has 4 rings (SSSR count). The molecule has 1 saturated heterocycles. The summed E-state index contributed by atoms with van der Waals surface area (Å²) in [5.41, 5.74) is 1.28. The zero-order valence-electron chi connectivity index (χ0n) is 13.5. The lowest BCUT2D eigenvalue weighted by atomic mass is 10.0. The second-order valence-corrected chi connectivity index (χ2v) is 6.84. The Morgan fingerprint density at radius 2 is 2.29 bits per heavy atom. The number of likely N-dealkylation sites (tertiary alicyclic amines) is 1. The average molecular weight is 341 g/mol. The molecule has 0 aliphatic carbocycles. The Morgan fingerprint density at radius 1 is 1.33 bits per heavy atom. The van der Waals surface area contributed by atoms with E-state index in [0.29, 0.717) is 24.3 Å². The highest BCUT2D eigenvalue weighted by molar-refractivity contribution is 7.13. The molecular formula is C18H19N3O2S. The lowest BCUT2D eigenvalue weighted by Gasteiger charge is -2.23. The number of hydrogen-bond acceptors (Lipinski definition) is 6. The molecule has 1 aromatic carbocycles. The number of thiophene rings is 1. The standard InChI is InChI=1S/C18H19N3O2S/c1-22-14-6-2-5-13(11-14)15-7-3-9-21(15)12-17-19-18(20-23-17)16-8-4-10-24-16/h2,4-6,8,10-11,15H,3,7,9,12H2,1H3. The fourth-order valence-electron chi connectivity index (χ4n) is 3.24. The fraction of sp³-hybridized carbons (Fsp3) is 0.333. The first-order valence-electron chi connectivity index (χ1n) is 8.08. The van der Waals surface area contributed by atoms with Crippen molar-refractivity contribution in [3.63, 3.8) is 0 Å². The van der Waals surface area contributed by atoms with Crippen molar-refractivity contribution < 1.29 is 9.26 Å². The van der Waals surface area contributed by atoms with Crippen LogP contribution >= 0.6 is 11.3 Å². The third kappa shape index (κ3) is 3.07. The minimum Gasteiger partial charge on any atom is -0.497 e. The molecule has 1 aliphatic heterocycles. The third-order valence-corrected chi connectivity index (χ3v) is 5.26. The van der Waals surface area contributed by atoms with Crippen LogP contribution in [0.1, 0.15) is 30.3 Å². The Hall–Kier alpha value is -2.18. The van der Waals surface area contributed by atoms with Crippen molar-refractivity contribution in [2.45, 2.75) is 25.4 Å². The molecule has 1 unspecified atom stereocenters. The lowest BCUT2D eigenvalue weighted by Crippen LogP contribution is -2.23. The zero-order chi connectivity index (χ0) is 16.4. The molecule has 0 spiro atoms. The molecule has 124 valence electrons. The average Bonchev–Trinajstić information content (AvgIpc) is 3.36. The summed E-state index contributed by atoms with van der Waals surface area (Å²) in [5, 5.41) is 6.12. The van der Waals surface area contributed by atoms with Gasteiger partial charge in [0.1, 0.15) is 5.75 Å². The van der Waals surface area contributed by atoms with Crippen LogP contribution in [0, 0.1) is 0 Å². The Bertz CT molecular complexity index is 800. The van der Waals surface area contributed by atoms with E-state index in [-0.39, 0.29) is 0 Å². The normalized spacial score (nSPS) is 18.1. The SMILES string of the molecule is COc1cccc(C2CCCN2Cc2nc(-c3cccs3)no2)c1. The molecular weight excluding hydrogens is 322 g/mol. The zero-order valence-corrected chi connectivity index (χ0v) is 14.3. The Morgan fingerprint density at radius 3 is 3.12 bits per heavy atom. The molecule has 0 radical (unpaired) electrons. The fourth-order valence-corrected chi connectivity index (χ4v) is 3.89. The first kappa shape index (κ1) is 15.4. The molecule has 1 atom stereocenters. The predicted octanol–water partition coefficient (Wildman–Crippen LogP) is 4.14. The van der Waals surface area contributed by atoms with Gasteiger partial charge in [0, 0.05) is 6.04 Å². The van der Waals surface area contributed by atoms with E-state index in [1.807, 2.05) is 29.6 Å². The lowest BCUT2D eigenvalue weighted by molar-refractivity contribution is 0.212. The Kier molecular flexibility index (Phi) is 4.32. The molecule has 3 aromatic rings. The molecule has 0 amide bonds. The molecule has 24 heavy (non-hydrogen) atoms. The minimum atomic E-state index is 0.372. The number of hydrogen-bond donors (Lipinski definition) is 0. The van der Waals surface area contributed by atoms with Crippen LogP contribution in [0.3, 0.4) is 0 Å². The van der Waals surface area contributed by atoms with Gasteiger partial charge in [-0.25, -0.2) is 0 Å². The highest BCUT2D eigenvalue weighted by atomic mass is 32.1. The second kappa shape index (κ2) is 6.75. The van der Waals surface area contributed by atoms with Crippen LogP contribution in [0.2, 0.25) is 0 Å². The van der Waals surface area contributed by atoms with Gasteiger partial charge in [0.15, 0.2) is 0 Å². The monoisotopic (exact) mass is 341 g/mol. The van der Waals surface area contributed by atoms with Crippen molar-refractivity contribution in [3.8, 4) is 16.5 Å². The molecule has 3 heterocycles. The molecule has 5 nitrogen and oxygen atoms in total. The van der Waals surface area contributed by atoms with Gasteiger partial charge in [-0.15, -0.1) is 11.3 Å². The van der Waals surface area contributed by atoms with Crippen LogP contribution in [0.5, 0.6) is 5.75 Å². The first-order chi connectivity index (χ1) is 11.8. The van der Waals surface area contributed by atoms with Crippen LogP contribution in [-0.4, -0.2) is 28.7 Å². The van der Waals surface area contributed by atoms with Crippen molar-refractivity contribution in [1.29, 1.82) is 0 Å². The first-order valence-corrected chi connectivity index (χ1v) is 8.96. The number of nitrogens with zero attached hydrogens (tertiary/aromatic N) is 3. The summed E-state index contributed by atoms with van der Waals surface area (Å²) in [5.74, 6) is 2.25. The second-order valence-electron chi connectivity index (χ2n) is 5.89. The molecule has 1 aliphatic rings. The summed E-state index contributed by atoms with van der Waals surface area (Å²) >= 11 is 1.62. The molecule has 0 bridgehead atoms. The maximum Gasteiger partial charge on any atom is 0.241 e. The van der Waals surface area contributed by atoms with Crippen molar-refractivity contribution in [3.05, 3.63) is 53.2 Å². The van der Waals surface area contributed by atoms with Crippen molar-refractivity contribution in [2.75, 3.05) is 13.7 Å². The Balaban J connectivity index is 1.51. The van der Waals surface area contributed by atoms with E-state index in [1.54, 1.807) is 18.4 Å². The van der Waals surface area contributed by atoms with Gasteiger partial charge >= 0.3 is 0 Å². The molecule has 2 aromatic heterocycles. The van der Waals surface area contributed by atoms with E-state index in [2.05, 4.69) is 27.2 Å². The summed E-state index contributed by atoms with van der Waals surface area (Å²) in [6, 6.07) is 12.7. The van der Waals surface area contributed by atoms with Crippen LogP contribution in [0.4, 0.5) is 0 Å². The third-order valence-electron chi connectivity index (χ3n) is 4.39. The van der Waals surface area contributed by atoms with E-state index in [4.69, 9.17) is 9.26 Å². The summed E-state index contributed by atoms with van der Waals surface area (Å²) in [6.07, 6.45) is 2.31. The van der Waals surface area contributed by atoms with E-state index in [9.17, 15) is 0 Å². The topological polar surface area (TPSA) is 51.4 Å². The maximum absolute atomic E-state index is 5.46. The van der Waals surface area contributed by atoms with Gasteiger partial charge in [0.25, 0.3) is 0 Å². The summed E-state index contributed by atoms with van der Waals surface area (Å²) in [7, 11) is 1.70. The maximum atomic E-state index is 5.46. The van der Waals surface area contributed by atoms with Gasteiger partial charge in [-0.05, 0) is 48.5 Å². The van der Waals surface area contributed by atoms with Crippen LogP contribution in [0.25, 0.3) is 10.7 Å². The summed E-state index contributed by atoms with van der Waals surface area (Å²) in [4.78, 5) is 7.99.